The Hall–Kier alpha value is -3.98. The van der Waals surface area contributed by atoms with Gasteiger partial charge in [0.05, 0.1) is 28.8 Å². The Morgan fingerprint density at radius 3 is 2.74 bits per heavy atom. The number of amides is 1. The minimum atomic E-state index is -0.964. The maximum Gasteiger partial charge on any atom is 0.301 e. The van der Waals surface area contributed by atoms with Crippen molar-refractivity contribution in [3.63, 3.8) is 0 Å². The Morgan fingerprint density at radius 1 is 1.23 bits per heavy atom. The number of aliphatic hydroxyl groups is 1. The number of hydrogen-bond acceptors (Lipinski definition) is 8. The molecule has 3 aromatic rings. The summed E-state index contributed by atoms with van der Waals surface area (Å²) in [5, 5.41) is 11.7. The molecule has 1 amide bonds. The molecule has 0 spiro atoms. The maximum absolute atomic E-state index is 13.5. The number of nitrogens with zero attached hydrogens (tertiary/aromatic N) is 2. The highest BCUT2D eigenvalue weighted by Gasteiger charge is 2.48. The van der Waals surface area contributed by atoms with Crippen LogP contribution in [0.2, 0.25) is 0 Å². The molecule has 0 unspecified atom stereocenters. The van der Waals surface area contributed by atoms with Gasteiger partial charge in [0.15, 0.2) is 10.9 Å². The van der Waals surface area contributed by atoms with E-state index in [1.54, 1.807) is 43.3 Å². The SMILES string of the molecule is CCCCOc1cccc([C@H]2C(=C(O)c3ccc4c(c3)C[C@H](C)O4)C(=O)C(=O)N2c2nc(C)c(C(C)=O)s2)c1. The molecule has 0 saturated carbocycles. The molecule has 8 nitrogen and oxygen atoms in total. The van der Waals surface area contributed by atoms with E-state index in [1.165, 1.54) is 11.8 Å². The highest BCUT2D eigenvalue weighted by molar-refractivity contribution is 7.18. The second kappa shape index (κ2) is 10.6. The lowest BCUT2D eigenvalue weighted by atomic mass is 9.94. The molecule has 9 heteroatoms. The van der Waals surface area contributed by atoms with E-state index in [-0.39, 0.29) is 28.4 Å². The Morgan fingerprint density at radius 2 is 2.03 bits per heavy atom. The fourth-order valence-corrected chi connectivity index (χ4v) is 5.98. The van der Waals surface area contributed by atoms with Crippen molar-refractivity contribution >= 4 is 39.7 Å². The molecule has 202 valence electrons. The van der Waals surface area contributed by atoms with E-state index in [9.17, 15) is 19.5 Å². The monoisotopic (exact) mass is 546 g/mol. The highest BCUT2D eigenvalue weighted by atomic mass is 32.1. The molecule has 1 N–H and O–H groups in total. The number of ether oxygens (including phenoxy) is 2. The van der Waals surface area contributed by atoms with Crippen LogP contribution in [0.15, 0.2) is 48.0 Å². The number of fused-ring (bicyclic) bond motifs is 1. The lowest BCUT2D eigenvalue weighted by molar-refractivity contribution is -0.132. The molecule has 2 aliphatic heterocycles. The van der Waals surface area contributed by atoms with Gasteiger partial charge in [-0.15, -0.1) is 0 Å². The van der Waals surface area contributed by atoms with Crippen LogP contribution >= 0.6 is 11.3 Å². The van der Waals surface area contributed by atoms with Crippen LogP contribution in [0.25, 0.3) is 5.76 Å². The van der Waals surface area contributed by atoms with Gasteiger partial charge < -0.3 is 14.6 Å². The third-order valence-electron chi connectivity index (χ3n) is 6.87. The first-order chi connectivity index (χ1) is 18.7. The minimum Gasteiger partial charge on any atom is -0.507 e. The topological polar surface area (TPSA) is 106 Å². The van der Waals surface area contributed by atoms with Gasteiger partial charge in [-0.05, 0) is 61.7 Å². The normalized spacial score (nSPS) is 19.7. The van der Waals surface area contributed by atoms with Gasteiger partial charge in [-0.2, -0.15) is 0 Å². The summed E-state index contributed by atoms with van der Waals surface area (Å²) in [6.07, 6.45) is 2.56. The van der Waals surface area contributed by atoms with Gasteiger partial charge in [0.2, 0.25) is 0 Å². The summed E-state index contributed by atoms with van der Waals surface area (Å²) in [6, 6.07) is 11.4. The number of rotatable bonds is 8. The predicted octanol–water partition coefficient (Wildman–Crippen LogP) is 5.78. The molecular formula is C30H30N2O6S. The molecule has 2 aliphatic rings. The van der Waals surface area contributed by atoms with Crippen molar-refractivity contribution in [2.45, 2.75) is 59.1 Å². The minimum absolute atomic E-state index is 0.0158. The number of carbonyl (C=O) groups is 3. The molecular weight excluding hydrogens is 516 g/mol. The van der Waals surface area contributed by atoms with Crippen LogP contribution in [0.3, 0.4) is 0 Å². The molecule has 2 atom stereocenters. The summed E-state index contributed by atoms with van der Waals surface area (Å²) in [6.45, 7) is 7.70. The molecule has 1 aromatic heterocycles. The van der Waals surface area contributed by atoms with Crippen LogP contribution in [0, 0.1) is 6.92 Å². The summed E-state index contributed by atoms with van der Waals surface area (Å²) >= 11 is 1.06. The number of unbranched alkanes of at least 4 members (excludes halogenated alkanes) is 1. The van der Waals surface area contributed by atoms with Gasteiger partial charge in [0, 0.05) is 18.9 Å². The lowest BCUT2D eigenvalue weighted by Gasteiger charge is -2.23. The number of anilines is 1. The van der Waals surface area contributed by atoms with Crippen molar-refractivity contribution in [1.82, 2.24) is 4.98 Å². The molecule has 3 heterocycles. The zero-order valence-corrected chi connectivity index (χ0v) is 23.1. The van der Waals surface area contributed by atoms with Crippen LogP contribution < -0.4 is 14.4 Å². The largest absolute Gasteiger partial charge is 0.507 e. The van der Waals surface area contributed by atoms with Crippen molar-refractivity contribution in [3.05, 3.63) is 75.3 Å². The van der Waals surface area contributed by atoms with Gasteiger partial charge >= 0.3 is 5.91 Å². The van der Waals surface area contributed by atoms with E-state index in [0.29, 0.717) is 40.5 Å². The highest BCUT2D eigenvalue weighted by Crippen LogP contribution is 2.45. The van der Waals surface area contributed by atoms with E-state index in [4.69, 9.17) is 9.47 Å². The molecule has 5 rings (SSSR count). The van der Waals surface area contributed by atoms with Gasteiger partial charge in [0.1, 0.15) is 23.4 Å². The summed E-state index contributed by atoms with van der Waals surface area (Å²) < 4.78 is 11.7. The Labute approximate surface area is 230 Å². The van der Waals surface area contributed by atoms with Crippen molar-refractivity contribution in [3.8, 4) is 11.5 Å². The Balaban J connectivity index is 1.66. The van der Waals surface area contributed by atoms with Gasteiger partial charge in [-0.3, -0.25) is 19.3 Å². The Kier molecular flexibility index (Phi) is 7.27. The summed E-state index contributed by atoms with van der Waals surface area (Å²) in [4.78, 5) is 45.4. The average molecular weight is 547 g/mol. The first-order valence-corrected chi connectivity index (χ1v) is 13.8. The molecule has 1 saturated heterocycles. The number of carbonyl (C=O) groups excluding carboxylic acids is 3. The number of benzene rings is 2. The molecule has 39 heavy (non-hydrogen) atoms. The third kappa shape index (κ3) is 4.94. The van der Waals surface area contributed by atoms with Crippen LogP contribution in [0.4, 0.5) is 5.13 Å². The van der Waals surface area contributed by atoms with Gasteiger partial charge in [-0.1, -0.05) is 36.8 Å². The number of Topliss-reactive ketones (excluding diaryl/α,β-unsaturated/α-hetero) is 2. The summed E-state index contributed by atoms with van der Waals surface area (Å²) in [5.41, 5.74) is 2.36. The van der Waals surface area contributed by atoms with E-state index in [1.807, 2.05) is 13.0 Å². The van der Waals surface area contributed by atoms with Crippen molar-refractivity contribution in [2.75, 3.05) is 11.5 Å². The number of aryl methyl sites for hydroxylation is 1. The first kappa shape index (κ1) is 26.6. The summed E-state index contributed by atoms with van der Waals surface area (Å²) in [7, 11) is 0. The zero-order chi connectivity index (χ0) is 27.8. The van der Waals surface area contributed by atoms with Crippen LogP contribution in [-0.2, 0) is 16.0 Å². The van der Waals surface area contributed by atoms with E-state index in [2.05, 4.69) is 11.9 Å². The molecule has 2 aromatic carbocycles. The number of thiazole rings is 1. The van der Waals surface area contributed by atoms with E-state index in [0.717, 1.165) is 35.5 Å². The third-order valence-corrected chi connectivity index (χ3v) is 8.12. The average Bonchev–Trinajstić information content (AvgIpc) is 3.56. The van der Waals surface area contributed by atoms with Crippen molar-refractivity contribution < 1.29 is 29.0 Å². The maximum atomic E-state index is 13.5. The van der Waals surface area contributed by atoms with Crippen molar-refractivity contribution in [2.24, 2.45) is 0 Å². The number of hydrogen-bond donors (Lipinski definition) is 1. The van der Waals surface area contributed by atoms with Crippen LogP contribution in [0.1, 0.15) is 71.7 Å². The predicted molar refractivity (Wildman–Crippen MR) is 149 cm³/mol. The Bertz CT molecular complexity index is 1510. The van der Waals surface area contributed by atoms with Gasteiger partial charge in [0.25, 0.3) is 5.78 Å². The number of ketones is 2. The standard InChI is InChI=1S/C30H30N2O6S/c1-5-6-12-37-22-9-7-8-19(15-22)25-24(26(34)20-10-11-23-21(14-20)13-16(2)38-23)27(35)29(36)32(25)30-31-17(3)28(39-30)18(4)33/h7-11,14-16,25,34H,5-6,12-13H2,1-4H3/t16-,25-/m0/s1. The second-order valence-electron chi connectivity index (χ2n) is 9.87. The van der Waals surface area contributed by atoms with Crippen LogP contribution in [-0.4, -0.2) is 40.3 Å². The molecule has 0 radical (unpaired) electrons. The quantitative estimate of drug-likeness (QED) is 0.125. The second-order valence-corrected chi connectivity index (χ2v) is 10.8. The lowest BCUT2D eigenvalue weighted by Crippen LogP contribution is -2.29. The zero-order valence-electron chi connectivity index (χ0n) is 22.3. The van der Waals surface area contributed by atoms with E-state index < -0.39 is 17.7 Å². The van der Waals surface area contributed by atoms with Crippen LogP contribution in [0.5, 0.6) is 11.5 Å². The van der Waals surface area contributed by atoms with E-state index >= 15 is 0 Å². The first-order valence-electron chi connectivity index (χ1n) is 13.0. The summed E-state index contributed by atoms with van der Waals surface area (Å²) in [5.74, 6) is -0.762. The fourth-order valence-electron chi connectivity index (χ4n) is 4.99. The molecule has 1 fully saturated rings. The number of aliphatic hydroxyl groups excluding tert-OH is 1. The van der Waals surface area contributed by atoms with Crippen molar-refractivity contribution in [1.29, 1.82) is 0 Å². The smallest absolute Gasteiger partial charge is 0.301 e. The molecule has 0 bridgehead atoms. The fraction of sp³-hybridized carbons (Fsp3) is 0.333. The van der Waals surface area contributed by atoms with Gasteiger partial charge in [-0.25, -0.2) is 4.98 Å². The molecule has 0 aliphatic carbocycles. The number of aromatic nitrogens is 1.